The molecule has 1 aromatic rings. The van der Waals surface area contributed by atoms with Crippen molar-refractivity contribution >= 4 is 18.2 Å². The Balaban J connectivity index is 0.000000490. The van der Waals surface area contributed by atoms with Crippen molar-refractivity contribution in [2.45, 2.75) is 0 Å². The molecule has 5 heteroatoms. The minimum absolute atomic E-state index is 0. The van der Waals surface area contributed by atoms with Crippen molar-refractivity contribution < 1.29 is 0 Å². The average molecular weight is 135 g/mol. The van der Waals surface area contributed by atoms with E-state index in [4.69, 9.17) is 5.73 Å². The van der Waals surface area contributed by atoms with Gasteiger partial charge in [-0.2, -0.15) is 0 Å². The molecule has 0 saturated carbocycles. The lowest BCUT2D eigenvalue weighted by Crippen LogP contribution is -1.96. The van der Waals surface area contributed by atoms with Gasteiger partial charge in [-0.1, -0.05) is 5.21 Å². The van der Waals surface area contributed by atoms with Crippen LogP contribution >= 0.6 is 12.4 Å². The zero-order chi connectivity index (χ0) is 5.28. The second-order valence-corrected chi connectivity index (χ2v) is 1.28. The van der Waals surface area contributed by atoms with Crippen molar-refractivity contribution in [1.82, 2.24) is 15.0 Å². The van der Waals surface area contributed by atoms with E-state index >= 15 is 0 Å². The number of halogens is 1. The lowest BCUT2D eigenvalue weighted by molar-refractivity contribution is 0.723. The van der Waals surface area contributed by atoms with E-state index in [0.29, 0.717) is 5.82 Å². The molecule has 0 aliphatic carbocycles. The first-order chi connectivity index (χ1) is 3.30. The Morgan fingerprint density at radius 3 is 2.50 bits per heavy atom. The van der Waals surface area contributed by atoms with Crippen molar-refractivity contribution in [3.05, 3.63) is 6.20 Å². The highest BCUT2D eigenvalue weighted by atomic mass is 35.5. The molecule has 0 aliphatic heterocycles. The molecule has 1 heterocycles. The Morgan fingerprint density at radius 1 is 1.75 bits per heavy atom. The number of rotatable bonds is 0. The van der Waals surface area contributed by atoms with Gasteiger partial charge >= 0.3 is 0 Å². The SMILES string of the molecule is Cl.Cn1nncc1N. The van der Waals surface area contributed by atoms with Crippen LogP contribution in [0, 0.1) is 0 Å². The van der Waals surface area contributed by atoms with E-state index < -0.39 is 0 Å². The molecule has 8 heavy (non-hydrogen) atoms. The third-order valence-corrected chi connectivity index (χ3v) is 0.749. The zero-order valence-electron chi connectivity index (χ0n) is 4.40. The molecule has 0 unspecified atom stereocenters. The predicted molar refractivity (Wildman–Crippen MR) is 32.7 cm³/mol. The van der Waals surface area contributed by atoms with Crippen LogP contribution < -0.4 is 5.73 Å². The topological polar surface area (TPSA) is 56.7 Å². The summed E-state index contributed by atoms with van der Waals surface area (Å²) in [6.07, 6.45) is 1.50. The quantitative estimate of drug-likeness (QED) is 0.536. The van der Waals surface area contributed by atoms with E-state index in [0.717, 1.165) is 0 Å². The summed E-state index contributed by atoms with van der Waals surface area (Å²) < 4.78 is 1.50. The van der Waals surface area contributed by atoms with Crippen molar-refractivity contribution in [3.63, 3.8) is 0 Å². The summed E-state index contributed by atoms with van der Waals surface area (Å²) in [4.78, 5) is 0. The molecule has 0 spiro atoms. The number of hydrogen-bond acceptors (Lipinski definition) is 3. The Hall–Kier alpha value is -0.770. The highest BCUT2D eigenvalue weighted by molar-refractivity contribution is 5.85. The van der Waals surface area contributed by atoms with Gasteiger partial charge in [0.2, 0.25) is 0 Å². The molecule has 0 atom stereocenters. The number of nitrogen functional groups attached to an aromatic ring is 1. The molecule has 46 valence electrons. The minimum atomic E-state index is 0. The van der Waals surface area contributed by atoms with Crippen LogP contribution in [-0.2, 0) is 7.05 Å². The maximum atomic E-state index is 5.28. The molecule has 1 rings (SSSR count). The van der Waals surface area contributed by atoms with Gasteiger partial charge in [0.15, 0.2) is 0 Å². The molecular weight excluding hydrogens is 128 g/mol. The number of hydrogen-bond donors (Lipinski definition) is 1. The average Bonchev–Trinajstić information content (AvgIpc) is 1.91. The number of aryl methyl sites for hydroxylation is 1. The largest absolute Gasteiger partial charge is 0.383 e. The number of nitrogens with two attached hydrogens (primary N) is 1. The summed E-state index contributed by atoms with van der Waals surface area (Å²) in [5.41, 5.74) is 5.28. The van der Waals surface area contributed by atoms with E-state index in [2.05, 4.69) is 10.3 Å². The lowest BCUT2D eigenvalue weighted by Gasteiger charge is -1.84. The molecule has 0 bridgehead atoms. The van der Waals surface area contributed by atoms with E-state index in [1.807, 2.05) is 0 Å². The monoisotopic (exact) mass is 134 g/mol. The van der Waals surface area contributed by atoms with Crippen LogP contribution in [0.3, 0.4) is 0 Å². The molecule has 2 N–H and O–H groups in total. The summed E-state index contributed by atoms with van der Waals surface area (Å²) in [6, 6.07) is 0. The van der Waals surface area contributed by atoms with Gasteiger partial charge in [-0.05, 0) is 0 Å². The second-order valence-electron chi connectivity index (χ2n) is 1.28. The summed E-state index contributed by atoms with van der Waals surface area (Å²) in [5.74, 6) is 0.583. The molecule has 0 amide bonds. The molecule has 0 aliphatic rings. The van der Waals surface area contributed by atoms with Gasteiger partial charge in [0.1, 0.15) is 5.82 Å². The molecule has 0 fully saturated rings. The maximum Gasteiger partial charge on any atom is 0.141 e. The van der Waals surface area contributed by atoms with Gasteiger partial charge < -0.3 is 5.73 Å². The van der Waals surface area contributed by atoms with E-state index in [-0.39, 0.29) is 12.4 Å². The van der Waals surface area contributed by atoms with Crippen molar-refractivity contribution in [1.29, 1.82) is 0 Å². The summed E-state index contributed by atoms with van der Waals surface area (Å²) >= 11 is 0. The zero-order valence-corrected chi connectivity index (χ0v) is 5.22. The van der Waals surface area contributed by atoms with Gasteiger partial charge in [-0.3, -0.25) is 0 Å². The second kappa shape index (κ2) is 2.52. The van der Waals surface area contributed by atoms with E-state index in [9.17, 15) is 0 Å². The molecule has 0 saturated heterocycles. The number of aromatic nitrogens is 3. The fourth-order valence-corrected chi connectivity index (χ4v) is 0.298. The van der Waals surface area contributed by atoms with Crippen LogP contribution in [0.4, 0.5) is 5.82 Å². The number of anilines is 1. The molecule has 0 radical (unpaired) electrons. The highest BCUT2D eigenvalue weighted by Crippen LogP contribution is 1.88. The lowest BCUT2D eigenvalue weighted by atomic mass is 10.8. The van der Waals surface area contributed by atoms with Crippen molar-refractivity contribution in [2.75, 3.05) is 5.73 Å². The van der Waals surface area contributed by atoms with Crippen LogP contribution in [-0.4, -0.2) is 15.0 Å². The van der Waals surface area contributed by atoms with Crippen LogP contribution in [0.1, 0.15) is 0 Å². The maximum absolute atomic E-state index is 5.28. The van der Waals surface area contributed by atoms with Gasteiger partial charge in [-0.25, -0.2) is 4.68 Å². The summed E-state index contributed by atoms with van der Waals surface area (Å²) in [5, 5.41) is 7.07. The Labute approximate surface area is 53.1 Å². The molecule has 0 aromatic carbocycles. The molecule has 1 aromatic heterocycles. The standard InChI is InChI=1S/C3H6N4.ClH/c1-7-3(4)2-5-6-7;/h2H,4H2,1H3;1H. The molecule has 4 nitrogen and oxygen atoms in total. The predicted octanol–water partition coefficient (Wildman–Crippen LogP) is -0.181. The van der Waals surface area contributed by atoms with Crippen LogP contribution in [0.5, 0.6) is 0 Å². The Bertz CT molecular complexity index is 144. The normalized spacial score (nSPS) is 8.12. The molecular formula is C3H7ClN4. The Kier molecular flexibility index (Phi) is 2.27. The first kappa shape index (κ1) is 7.23. The van der Waals surface area contributed by atoms with E-state index in [1.54, 1.807) is 7.05 Å². The third kappa shape index (κ3) is 1.10. The summed E-state index contributed by atoms with van der Waals surface area (Å²) in [7, 11) is 1.74. The summed E-state index contributed by atoms with van der Waals surface area (Å²) in [6.45, 7) is 0. The third-order valence-electron chi connectivity index (χ3n) is 0.749. The fourth-order valence-electron chi connectivity index (χ4n) is 0.298. The number of nitrogens with zero attached hydrogens (tertiary/aromatic N) is 3. The first-order valence-corrected chi connectivity index (χ1v) is 1.91. The van der Waals surface area contributed by atoms with Gasteiger partial charge in [0.05, 0.1) is 6.20 Å². The van der Waals surface area contributed by atoms with E-state index in [1.165, 1.54) is 10.9 Å². The fraction of sp³-hybridized carbons (Fsp3) is 0.333. The van der Waals surface area contributed by atoms with Gasteiger partial charge in [0.25, 0.3) is 0 Å². The first-order valence-electron chi connectivity index (χ1n) is 1.91. The van der Waals surface area contributed by atoms with Crippen LogP contribution in [0.15, 0.2) is 6.20 Å². The Morgan fingerprint density at radius 2 is 2.38 bits per heavy atom. The van der Waals surface area contributed by atoms with Crippen LogP contribution in [0.25, 0.3) is 0 Å². The van der Waals surface area contributed by atoms with Crippen LogP contribution in [0.2, 0.25) is 0 Å². The van der Waals surface area contributed by atoms with Crippen molar-refractivity contribution in [3.8, 4) is 0 Å². The smallest absolute Gasteiger partial charge is 0.141 e. The van der Waals surface area contributed by atoms with Gasteiger partial charge in [-0.15, -0.1) is 17.5 Å². The minimum Gasteiger partial charge on any atom is -0.383 e. The highest BCUT2D eigenvalue weighted by Gasteiger charge is 1.86. The van der Waals surface area contributed by atoms with Crippen molar-refractivity contribution in [2.24, 2.45) is 7.05 Å². The van der Waals surface area contributed by atoms with Gasteiger partial charge in [0, 0.05) is 7.05 Å².